The Morgan fingerprint density at radius 2 is 1.95 bits per heavy atom. The SMILES string of the molecule is CC(C)(C)C(=N)SC(N)=NC(=O)C1CCCN1C1CCC1. The van der Waals surface area contributed by atoms with Crippen molar-refractivity contribution in [2.45, 2.75) is 65.0 Å². The largest absolute Gasteiger partial charge is 0.378 e. The average molecular weight is 310 g/mol. The van der Waals surface area contributed by atoms with Gasteiger partial charge in [-0.1, -0.05) is 27.2 Å². The van der Waals surface area contributed by atoms with E-state index >= 15 is 0 Å². The van der Waals surface area contributed by atoms with Crippen molar-refractivity contribution in [2.24, 2.45) is 16.1 Å². The monoisotopic (exact) mass is 310 g/mol. The summed E-state index contributed by atoms with van der Waals surface area (Å²) in [6.45, 7) is 6.85. The van der Waals surface area contributed by atoms with Gasteiger partial charge in [-0.25, -0.2) is 0 Å². The van der Waals surface area contributed by atoms with Crippen LogP contribution in [0.15, 0.2) is 4.99 Å². The zero-order valence-electron chi connectivity index (χ0n) is 13.2. The third-order valence-corrected chi connectivity index (χ3v) is 5.35. The maximum absolute atomic E-state index is 12.3. The summed E-state index contributed by atoms with van der Waals surface area (Å²) in [6.07, 6.45) is 5.62. The molecule has 3 N–H and O–H groups in total. The first-order chi connectivity index (χ1) is 9.79. The lowest BCUT2D eigenvalue weighted by Gasteiger charge is -2.37. The van der Waals surface area contributed by atoms with Crippen molar-refractivity contribution < 1.29 is 4.79 Å². The fourth-order valence-electron chi connectivity index (χ4n) is 2.67. The molecule has 1 aliphatic heterocycles. The quantitative estimate of drug-likeness (QED) is 0.606. The van der Waals surface area contributed by atoms with E-state index in [0.29, 0.717) is 11.1 Å². The Hall–Kier alpha value is -0.880. The molecule has 1 aliphatic carbocycles. The number of aliphatic imine (C=N–C) groups is 1. The maximum Gasteiger partial charge on any atom is 0.265 e. The van der Waals surface area contributed by atoms with Crippen molar-refractivity contribution >= 4 is 27.9 Å². The predicted molar refractivity (Wildman–Crippen MR) is 88.8 cm³/mol. The van der Waals surface area contributed by atoms with Gasteiger partial charge in [0.2, 0.25) is 0 Å². The lowest BCUT2D eigenvalue weighted by atomic mass is 9.91. The standard InChI is InChI=1S/C15H26N4OS/c1-15(2,3)13(16)21-14(17)18-12(20)11-8-5-9-19(11)10-6-4-7-10/h10-11,16H,4-9H2,1-3H3,(H2,17,18,20). The first-order valence-electron chi connectivity index (χ1n) is 7.69. The van der Waals surface area contributed by atoms with Gasteiger partial charge in [0.25, 0.3) is 5.91 Å². The van der Waals surface area contributed by atoms with Crippen LogP contribution in [-0.2, 0) is 4.79 Å². The number of nitrogens with zero attached hydrogens (tertiary/aromatic N) is 2. The van der Waals surface area contributed by atoms with Crippen LogP contribution in [-0.4, -0.2) is 39.6 Å². The molecule has 118 valence electrons. The second kappa shape index (κ2) is 6.48. The van der Waals surface area contributed by atoms with Gasteiger partial charge in [0.05, 0.1) is 11.1 Å². The van der Waals surface area contributed by atoms with Crippen LogP contribution in [0.5, 0.6) is 0 Å². The van der Waals surface area contributed by atoms with Crippen molar-refractivity contribution in [3.63, 3.8) is 0 Å². The van der Waals surface area contributed by atoms with Crippen LogP contribution in [0.25, 0.3) is 0 Å². The van der Waals surface area contributed by atoms with Crippen molar-refractivity contribution in [2.75, 3.05) is 6.54 Å². The topological polar surface area (TPSA) is 82.5 Å². The molecule has 0 spiro atoms. The number of hydrogen-bond acceptors (Lipinski definition) is 4. The van der Waals surface area contributed by atoms with Gasteiger partial charge in [-0.15, -0.1) is 0 Å². The lowest BCUT2D eigenvalue weighted by Crippen LogP contribution is -2.46. The zero-order valence-corrected chi connectivity index (χ0v) is 14.0. The molecule has 21 heavy (non-hydrogen) atoms. The molecule has 0 aromatic rings. The van der Waals surface area contributed by atoms with Crippen LogP contribution < -0.4 is 5.73 Å². The second-order valence-corrected chi connectivity index (χ2v) is 7.98. The number of rotatable bonds is 2. The van der Waals surface area contributed by atoms with Gasteiger partial charge in [0, 0.05) is 11.5 Å². The summed E-state index contributed by atoms with van der Waals surface area (Å²) in [7, 11) is 0. The number of nitrogens with one attached hydrogen (secondary N) is 1. The van der Waals surface area contributed by atoms with Crippen molar-refractivity contribution in [1.82, 2.24) is 4.90 Å². The van der Waals surface area contributed by atoms with Crippen molar-refractivity contribution in [3.8, 4) is 0 Å². The van der Waals surface area contributed by atoms with Gasteiger partial charge in [-0.2, -0.15) is 4.99 Å². The van der Waals surface area contributed by atoms with Crippen molar-refractivity contribution in [1.29, 1.82) is 5.41 Å². The molecule has 5 nitrogen and oxygen atoms in total. The summed E-state index contributed by atoms with van der Waals surface area (Å²) in [4.78, 5) is 18.7. The predicted octanol–water partition coefficient (Wildman–Crippen LogP) is 2.60. The van der Waals surface area contributed by atoms with E-state index in [-0.39, 0.29) is 22.5 Å². The van der Waals surface area contributed by atoms with Crippen LogP contribution >= 0.6 is 11.8 Å². The molecule has 1 saturated heterocycles. The molecule has 0 bridgehead atoms. The molecule has 1 amide bonds. The number of carbonyl (C=O) groups is 1. The van der Waals surface area contributed by atoms with E-state index in [0.717, 1.165) is 31.1 Å². The number of carbonyl (C=O) groups excluding carboxylic acids is 1. The minimum Gasteiger partial charge on any atom is -0.378 e. The van der Waals surface area contributed by atoms with Gasteiger partial charge in [0.15, 0.2) is 5.17 Å². The van der Waals surface area contributed by atoms with Gasteiger partial charge in [0.1, 0.15) is 0 Å². The molecule has 1 unspecified atom stereocenters. The molecule has 2 rings (SSSR count). The van der Waals surface area contributed by atoms with Crippen LogP contribution in [0.3, 0.4) is 0 Å². The summed E-state index contributed by atoms with van der Waals surface area (Å²) in [5.41, 5.74) is 5.58. The summed E-state index contributed by atoms with van der Waals surface area (Å²) < 4.78 is 0. The van der Waals surface area contributed by atoms with Gasteiger partial charge >= 0.3 is 0 Å². The van der Waals surface area contributed by atoms with E-state index in [4.69, 9.17) is 11.1 Å². The summed E-state index contributed by atoms with van der Waals surface area (Å²) in [5.74, 6) is -0.133. The Bertz CT molecular complexity index is 451. The minimum absolute atomic E-state index is 0.0988. The van der Waals surface area contributed by atoms with E-state index in [1.165, 1.54) is 19.3 Å². The highest BCUT2D eigenvalue weighted by Crippen LogP contribution is 2.32. The van der Waals surface area contributed by atoms with Crippen LogP contribution in [0.2, 0.25) is 0 Å². The fraction of sp³-hybridized carbons (Fsp3) is 0.800. The number of thioether (sulfide) groups is 1. The fourth-order valence-corrected chi connectivity index (χ4v) is 3.32. The van der Waals surface area contributed by atoms with Gasteiger partial charge in [-0.05, 0) is 44.0 Å². The van der Waals surface area contributed by atoms with E-state index in [1.54, 1.807) is 0 Å². The average Bonchev–Trinajstić information content (AvgIpc) is 2.73. The molecule has 1 saturated carbocycles. The molecule has 0 aromatic carbocycles. The smallest absolute Gasteiger partial charge is 0.265 e. The molecular weight excluding hydrogens is 284 g/mol. The second-order valence-electron chi connectivity index (χ2n) is 6.95. The van der Waals surface area contributed by atoms with E-state index in [2.05, 4.69) is 9.89 Å². The van der Waals surface area contributed by atoms with E-state index < -0.39 is 0 Å². The molecule has 2 fully saturated rings. The highest BCUT2D eigenvalue weighted by atomic mass is 32.2. The highest BCUT2D eigenvalue weighted by molar-refractivity contribution is 8.26. The third kappa shape index (κ3) is 4.07. The summed E-state index contributed by atoms with van der Waals surface area (Å²) >= 11 is 1.09. The maximum atomic E-state index is 12.3. The first-order valence-corrected chi connectivity index (χ1v) is 8.51. The molecule has 1 atom stereocenters. The molecular formula is C15H26N4OS. The zero-order chi connectivity index (χ0) is 15.6. The molecule has 2 aliphatic rings. The first kappa shape index (κ1) is 16.5. The van der Waals surface area contributed by atoms with Gasteiger partial charge in [-0.3, -0.25) is 15.1 Å². The molecule has 0 radical (unpaired) electrons. The highest BCUT2D eigenvalue weighted by Gasteiger charge is 2.37. The third-order valence-electron chi connectivity index (χ3n) is 4.23. The number of hydrogen-bond donors (Lipinski definition) is 2. The Balaban J connectivity index is 1.95. The lowest BCUT2D eigenvalue weighted by molar-refractivity contribution is -0.123. The van der Waals surface area contributed by atoms with Crippen molar-refractivity contribution in [3.05, 3.63) is 0 Å². The van der Waals surface area contributed by atoms with Gasteiger partial charge < -0.3 is 5.73 Å². The van der Waals surface area contributed by atoms with Crippen LogP contribution in [0.1, 0.15) is 52.9 Å². The molecule has 1 heterocycles. The number of likely N-dealkylation sites (tertiary alicyclic amines) is 1. The Morgan fingerprint density at radius 1 is 1.29 bits per heavy atom. The van der Waals surface area contributed by atoms with E-state index in [1.807, 2.05) is 20.8 Å². The number of amides is 1. The minimum atomic E-state index is -0.265. The summed E-state index contributed by atoms with van der Waals surface area (Å²) in [5, 5.41) is 8.58. The normalized spacial score (nSPS) is 24.9. The van der Waals surface area contributed by atoms with Crippen LogP contribution in [0.4, 0.5) is 0 Å². The Morgan fingerprint density at radius 3 is 2.48 bits per heavy atom. The molecule has 6 heteroatoms. The Kier molecular flexibility index (Phi) is 5.09. The van der Waals surface area contributed by atoms with E-state index in [9.17, 15) is 4.79 Å². The molecule has 0 aromatic heterocycles. The summed E-state index contributed by atoms with van der Waals surface area (Å²) in [6, 6.07) is 0.469. The number of amidine groups is 1. The van der Waals surface area contributed by atoms with Crippen LogP contribution in [0, 0.1) is 10.8 Å². The number of nitrogens with two attached hydrogens (primary N) is 1. The Labute approximate surface area is 131 Å².